The number of nitrogens with one attached hydrogen (secondary N) is 2. The van der Waals surface area contributed by atoms with Crippen molar-refractivity contribution < 1.29 is 9.84 Å². The number of aliphatic hydroxyl groups is 1. The molecule has 4 rings (SSSR count). The van der Waals surface area contributed by atoms with Crippen molar-refractivity contribution in [3.8, 4) is 0 Å². The minimum atomic E-state index is -1.11. The van der Waals surface area contributed by atoms with Gasteiger partial charge in [-0.1, -0.05) is 23.2 Å². The summed E-state index contributed by atoms with van der Waals surface area (Å²) in [6.45, 7) is 3.27. The van der Waals surface area contributed by atoms with Crippen LogP contribution in [0.15, 0.2) is 47.7 Å². The lowest BCUT2D eigenvalue weighted by atomic mass is 9.98. The van der Waals surface area contributed by atoms with Gasteiger partial charge in [0.15, 0.2) is 12.4 Å². The maximum atomic E-state index is 12.5. The van der Waals surface area contributed by atoms with Gasteiger partial charge in [-0.2, -0.15) is 4.73 Å². The summed E-state index contributed by atoms with van der Waals surface area (Å²) in [4.78, 5) is 19.7. The molecule has 9 heteroatoms. The molecule has 148 valence electrons. The van der Waals surface area contributed by atoms with Crippen LogP contribution in [0.1, 0.15) is 19.4 Å². The molecule has 0 aliphatic carbocycles. The summed E-state index contributed by atoms with van der Waals surface area (Å²) >= 11 is 12.8. The molecular formula is C20H16Cl2N4O3. The standard InChI is InChI=1S/C20H16Cl2N4O3/c1-20(2,28)10-7-13(21)17(14(22)8-10)25-18-11-3-5-23-19(27)16(11)12-9-26(29)6-4-15(12)24-18/h3-9,28H,1-2H3,(H,23,27)(H,24,25). The van der Waals surface area contributed by atoms with Crippen molar-refractivity contribution in [3.05, 3.63) is 74.0 Å². The second-order valence-corrected chi connectivity index (χ2v) is 7.97. The maximum Gasteiger partial charge on any atom is 0.256 e. The molecule has 3 heterocycles. The molecule has 0 bridgehead atoms. The third kappa shape index (κ3) is 3.48. The molecule has 0 amide bonds. The van der Waals surface area contributed by atoms with Gasteiger partial charge in [0.05, 0.1) is 37.6 Å². The van der Waals surface area contributed by atoms with E-state index < -0.39 is 5.60 Å². The number of pyridine rings is 3. The predicted molar refractivity (Wildman–Crippen MR) is 114 cm³/mol. The lowest BCUT2D eigenvalue weighted by Gasteiger charge is -2.20. The summed E-state index contributed by atoms with van der Waals surface area (Å²) in [6, 6.07) is 6.44. The molecule has 0 fully saturated rings. The molecule has 7 nitrogen and oxygen atoms in total. The Morgan fingerprint density at radius 1 is 1.21 bits per heavy atom. The Bertz CT molecular complexity index is 1310. The summed E-state index contributed by atoms with van der Waals surface area (Å²) in [5.74, 6) is 0.363. The second kappa shape index (κ2) is 6.88. The lowest BCUT2D eigenvalue weighted by molar-refractivity contribution is -0.603. The molecule has 0 saturated carbocycles. The third-order valence-electron chi connectivity index (χ3n) is 4.62. The highest BCUT2D eigenvalue weighted by atomic mass is 35.5. The van der Waals surface area contributed by atoms with Crippen LogP contribution in [0.25, 0.3) is 21.7 Å². The number of hydrogen-bond donors (Lipinski definition) is 3. The van der Waals surface area contributed by atoms with E-state index in [1.165, 1.54) is 24.7 Å². The van der Waals surface area contributed by atoms with Crippen molar-refractivity contribution in [2.24, 2.45) is 0 Å². The molecule has 0 aliphatic rings. The molecular weight excluding hydrogens is 415 g/mol. The Hall–Kier alpha value is -2.87. The van der Waals surface area contributed by atoms with Crippen molar-refractivity contribution >= 4 is 56.4 Å². The first-order valence-electron chi connectivity index (χ1n) is 8.68. The quantitative estimate of drug-likeness (QED) is 0.259. The number of aromatic amines is 1. The zero-order chi connectivity index (χ0) is 20.9. The molecule has 0 unspecified atom stereocenters. The average molecular weight is 431 g/mol. The van der Waals surface area contributed by atoms with Crippen LogP contribution < -0.4 is 15.6 Å². The zero-order valence-corrected chi connectivity index (χ0v) is 17.0. The van der Waals surface area contributed by atoms with Crippen LogP contribution >= 0.6 is 23.2 Å². The Labute approximate surface area is 175 Å². The van der Waals surface area contributed by atoms with Gasteiger partial charge < -0.3 is 20.6 Å². The van der Waals surface area contributed by atoms with Gasteiger partial charge in [0.2, 0.25) is 0 Å². The predicted octanol–water partition coefficient (Wildman–Crippen LogP) is 3.99. The van der Waals surface area contributed by atoms with E-state index >= 15 is 0 Å². The van der Waals surface area contributed by atoms with Crippen molar-refractivity contribution in [1.29, 1.82) is 0 Å². The number of benzene rings is 1. The van der Waals surface area contributed by atoms with Crippen LogP contribution in [0.5, 0.6) is 0 Å². The van der Waals surface area contributed by atoms with Gasteiger partial charge in [-0.3, -0.25) is 4.79 Å². The molecule has 0 aliphatic heterocycles. The van der Waals surface area contributed by atoms with Crippen molar-refractivity contribution in [2.75, 3.05) is 5.32 Å². The van der Waals surface area contributed by atoms with E-state index in [-0.39, 0.29) is 5.56 Å². The van der Waals surface area contributed by atoms with E-state index in [0.717, 1.165) is 0 Å². The van der Waals surface area contributed by atoms with Crippen LogP contribution in [-0.2, 0) is 5.60 Å². The molecule has 1 aromatic carbocycles. The number of nitrogens with zero attached hydrogens (tertiary/aromatic N) is 2. The number of hydrogen-bond acceptors (Lipinski definition) is 5. The summed E-state index contributed by atoms with van der Waals surface area (Å²) in [5, 5.41) is 26.9. The monoisotopic (exact) mass is 430 g/mol. The van der Waals surface area contributed by atoms with Crippen LogP contribution in [0.2, 0.25) is 10.0 Å². The van der Waals surface area contributed by atoms with E-state index in [0.29, 0.717) is 53.5 Å². The molecule has 3 aromatic heterocycles. The van der Waals surface area contributed by atoms with Gasteiger partial charge in [0.25, 0.3) is 5.56 Å². The summed E-state index contributed by atoms with van der Waals surface area (Å²) < 4.78 is 0.617. The number of rotatable bonds is 3. The number of halogens is 2. The highest BCUT2D eigenvalue weighted by molar-refractivity contribution is 6.39. The Balaban J connectivity index is 1.95. The minimum Gasteiger partial charge on any atom is -0.619 e. The van der Waals surface area contributed by atoms with Crippen LogP contribution in [0.4, 0.5) is 11.5 Å². The second-order valence-electron chi connectivity index (χ2n) is 7.16. The fraction of sp³-hybridized carbons (Fsp3) is 0.150. The van der Waals surface area contributed by atoms with E-state index in [1.807, 2.05) is 0 Å². The fourth-order valence-electron chi connectivity index (χ4n) is 3.14. The SMILES string of the molecule is CC(C)(O)c1cc(Cl)c(Nc2nc3cc[n+]([O-])cc3c3c(=O)[nH]ccc23)c(Cl)c1. The van der Waals surface area contributed by atoms with Gasteiger partial charge >= 0.3 is 0 Å². The van der Waals surface area contributed by atoms with Crippen molar-refractivity contribution in [2.45, 2.75) is 19.4 Å². The van der Waals surface area contributed by atoms with E-state index in [4.69, 9.17) is 23.2 Å². The number of aromatic nitrogens is 3. The minimum absolute atomic E-state index is 0.292. The topological polar surface area (TPSA) is 105 Å². The van der Waals surface area contributed by atoms with Crippen LogP contribution in [0.3, 0.4) is 0 Å². The van der Waals surface area contributed by atoms with E-state index in [9.17, 15) is 15.1 Å². The molecule has 0 spiro atoms. The van der Waals surface area contributed by atoms with Gasteiger partial charge in [-0.05, 0) is 37.6 Å². The van der Waals surface area contributed by atoms with Crippen LogP contribution in [0, 0.1) is 5.21 Å². The average Bonchev–Trinajstić information content (AvgIpc) is 2.64. The first kappa shape index (κ1) is 19.4. The van der Waals surface area contributed by atoms with Crippen molar-refractivity contribution in [3.63, 3.8) is 0 Å². The highest BCUT2D eigenvalue weighted by Gasteiger charge is 2.21. The number of H-pyrrole nitrogens is 1. The first-order chi connectivity index (χ1) is 13.6. The lowest BCUT2D eigenvalue weighted by Crippen LogP contribution is -2.24. The summed E-state index contributed by atoms with van der Waals surface area (Å²) in [6.07, 6.45) is 4.11. The number of anilines is 2. The van der Waals surface area contributed by atoms with Gasteiger partial charge in [0, 0.05) is 17.6 Å². The Morgan fingerprint density at radius 3 is 2.55 bits per heavy atom. The van der Waals surface area contributed by atoms with Crippen molar-refractivity contribution in [1.82, 2.24) is 9.97 Å². The molecule has 4 aromatic rings. The molecule has 0 radical (unpaired) electrons. The highest BCUT2D eigenvalue weighted by Crippen LogP contribution is 2.38. The maximum absolute atomic E-state index is 12.5. The van der Waals surface area contributed by atoms with Gasteiger partial charge in [-0.15, -0.1) is 0 Å². The molecule has 0 saturated heterocycles. The largest absolute Gasteiger partial charge is 0.619 e. The molecule has 0 atom stereocenters. The summed E-state index contributed by atoms with van der Waals surface area (Å²) in [7, 11) is 0. The zero-order valence-electron chi connectivity index (χ0n) is 15.5. The van der Waals surface area contributed by atoms with Gasteiger partial charge in [0.1, 0.15) is 5.82 Å². The third-order valence-corrected chi connectivity index (χ3v) is 5.22. The normalized spacial score (nSPS) is 11.9. The number of fused-ring (bicyclic) bond motifs is 3. The van der Waals surface area contributed by atoms with E-state index in [2.05, 4.69) is 15.3 Å². The summed E-state index contributed by atoms with van der Waals surface area (Å²) in [5.41, 5.74) is -0.0426. The van der Waals surface area contributed by atoms with E-state index in [1.54, 1.807) is 32.0 Å². The van der Waals surface area contributed by atoms with Crippen LogP contribution in [-0.4, -0.2) is 15.1 Å². The molecule has 3 N–H and O–H groups in total. The Kier molecular flexibility index (Phi) is 4.61. The van der Waals surface area contributed by atoms with Gasteiger partial charge in [-0.25, -0.2) is 4.98 Å². The fourth-order valence-corrected chi connectivity index (χ4v) is 3.73. The molecule has 29 heavy (non-hydrogen) atoms. The first-order valence-corrected chi connectivity index (χ1v) is 9.43. The Morgan fingerprint density at radius 2 is 1.90 bits per heavy atom. The smallest absolute Gasteiger partial charge is 0.256 e.